The maximum absolute atomic E-state index is 13.1. The number of methoxy groups -OCH3 is 1. The molecular weight excluding hydrogens is 442 g/mol. The van der Waals surface area contributed by atoms with Crippen molar-refractivity contribution in [2.24, 2.45) is 0 Å². The monoisotopic (exact) mass is 475 g/mol. The van der Waals surface area contributed by atoms with E-state index < -0.39 is 16.1 Å². The molecule has 0 heterocycles. The molecule has 0 aliphatic carbocycles. The molecule has 0 saturated heterocycles. The molecule has 1 N–H and O–H groups in total. The average Bonchev–Trinajstić information content (AvgIpc) is 2.81. The van der Waals surface area contributed by atoms with E-state index in [4.69, 9.17) is 4.74 Å². The lowest BCUT2D eigenvalue weighted by atomic mass is 10.1. The molecule has 0 unspecified atom stereocenters. The molecule has 0 aliphatic rings. The molecule has 33 heavy (non-hydrogen) atoms. The largest absolute Gasteiger partial charge is 0.495 e. The summed E-state index contributed by atoms with van der Waals surface area (Å²) in [5.41, 5.74) is 1.49. The average molecular weight is 476 g/mol. The fourth-order valence-corrected chi connectivity index (χ4v) is 4.57. The Hall–Kier alpha value is -3.07. The van der Waals surface area contributed by atoms with Gasteiger partial charge >= 0.3 is 0 Å². The smallest absolute Gasteiger partial charge is 0.242 e. The van der Waals surface area contributed by atoms with Crippen molar-refractivity contribution in [2.75, 3.05) is 37.8 Å². The van der Waals surface area contributed by atoms with Crippen LogP contribution in [0.4, 0.5) is 5.69 Å². The van der Waals surface area contributed by atoms with Crippen molar-refractivity contribution in [3.05, 3.63) is 60.2 Å². The minimum atomic E-state index is -3.58. The summed E-state index contributed by atoms with van der Waals surface area (Å²) in [6.07, 6.45) is 2.15. The number of sulfonamides is 1. The first-order valence-corrected chi connectivity index (χ1v) is 12.7. The molecule has 0 saturated carbocycles. The molecule has 8 nitrogen and oxygen atoms in total. The summed E-state index contributed by atoms with van der Waals surface area (Å²) in [6, 6.07) is 16.0. The van der Waals surface area contributed by atoms with Crippen LogP contribution >= 0.6 is 0 Å². The molecule has 0 aromatic heterocycles. The second kappa shape index (κ2) is 12.2. The van der Waals surface area contributed by atoms with Gasteiger partial charge < -0.3 is 15.0 Å². The Morgan fingerprint density at radius 1 is 1.03 bits per heavy atom. The van der Waals surface area contributed by atoms with Crippen LogP contribution in [0, 0.1) is 0 Å². The van der Waals surface area contributed by atoms with E-state index in [0.29, 0.717) is 30.8 Å². The van der Waals surface area contributed by atoms with Gasteiger partial charge in [-0.15, -0.1) is 0 Å². The summed E-state index contributed by atoms with van der Waals surface area (Å²) in [4.78, 5) is 26.9. The minimum Gasteiger partial charge on any atom is -0.495 e. The quantitative estimate of drug-likeness (QED) is 0.509. The van der Waals surface area contributed by atoms with E-state index in [1.54, 1.807) is 36.1 Å². The van der Waals surface area contributed by atoms with Gasteiger partial charge in [-0.2, -0.15) is 0 Å². The number of carbonyl (C=O) groups is 2. The van der Waals surface area contributed by atoms with Crippen LogP contribution in [0.1, 0.15) is 25.3 Å². The first kappa shape index (κ1) is 26.2. The van der Waals surface area contributed by atoms with E-state index in [1.165, 1.54) is 18.5 Å². The number of benzene rings is 2. The first-order valence-electron chi connectivity index (χ1n) is 10.8. The van der Waals surface area contributed by atoms with E-state index >= 15 is 0 Å². The Morgan fingerprint density at radius 3 is 2.27 bits per heavy atom. The Bertz CT molecular complexity index is 1030. The van der Waals surface area contributed by atoms with Gasteiger partial charge in [0.2, 0.25) is 21.8 Å². The molecule has 2 amide bonds. The highest BCUT2D eigenvalue weighted by Gasteiger charge is 2.26. The predicted octanol–water partition coefficient (Wildman–Crippen LogP) is 2.45. The van der Waals surface area contributed by atoms with Gasteiger partial charge in [0.15, 0.2) is 0 Å². The maximum Gasteiger partial charge on any atom is 0.242 e. The molecule has 180 valence electrons. The number of carbonyl (C=O) groups excluding carboxylic acids is 2. The van der Waals surface area contributed by atoms with Crippen molar-refractivity contribution in [3.63, 3.8) is 0 Å². The summed E-state index contributed by atoms with van der Waals surface area (Å²) in [7, 11) is -0.567. The highest BCUT2D eigenvalue weighted by Crippen LogP contribution is 2.29. The zero-order valence-corrected chi connectivity index (χ0v) is 20.5. The van der Waals surface area contributed by atoms with Crippen molar-refractivity contribution >= 4 is 27.5 Å². The van der Waals surface area contributed by atoms with Gasteiger partial charge in [0.1, 0.15) is 11.8 Å². The lowest BCUT2D eigenvalue weighted by Crippen LogP contribution is -2.48. The lowest BCUT2D eigenvalue weighted by Gasteiger charge is -2.29. The topological polar surface area (TPSA) is 96.0 Å². The fourth-order valence-electron chi connectivity index (χ4n) is 3.60. The number of hydrogen-bond acceptors (Lipinski definition) is 5. The Kier molecular flexibility index (Phi) is 9.72. The van der Waals surface area contributed by atoms with Crippen LogP contribution in [0.15, 0.2) is 54.6 Å². The predicted molar refractivity (Wildman–Crippen MR) is 130 cm³/mol. The van der Waals surface area contributed by atoms with Crippen LogP contribution < -0.4 is 14.4 Å². The van der Waals surface area contributed by atoms with Crippen LogP contribution in [0.5, 0.6) is 5.75 Å². The van der Waals surface area contributed by atoms with Crippen molar-refractivity contribution in [2.45, 2.75) is 32.2 Å². The zero-order valence-electron chi connectivity index (χ0n) is 19.7. The minimum absolute atomic E-state index is 0.108. The van der Waals surface area contributed by atoms with Crippen LogP contribution in [0.2, 0.25) is 0 Å². The highest BCUT2D eigenvalue weighted by molar-refractivity contribution is 7.92. The van der Waals surface area contributed by atoms with Crippen molar-refractivity contribution in [1.82, 2.24) is 10.2 Å². The molecule has 0 aliphatic heterocycles. The van der Waals surface area contributed by atoms with Gasteiger partial charge in [0.25, 0.3) is 0 Å². The Labute approximate surface area is 196 Å². The van der Waals surface area contributed by atoms with E-state index in [2.05, 4.69) is 5.32 Å². The number of para-hydroxylation sites is 2. The van der Waals surface area contributed by atoms with Crippen LogP contribution in [-0.4, -0.2) is 64.7 Å². The van der Waals surface area contributed by atoms with E-state index in [1.807, 2.05) is 30.3 Å². The molecule has 1 atom stereocenters. The van der Waals surface area contributed by atoms with Crippen LogP contribution in [0.3, 0.4) is 0 Å². The van der Waals surface area contributed by atoms with Gasteiger partial charge in [0, 0.05) is 26.6 Å². The molecule has 2 aromatic rings. The molecular formula is C24H33N3O5S. The normalized spacial score (nSPS) is 12.0. The third kappa shape index (κ3) is 7.49. The number of ether oxygens (including phenoxy) is 1. The summed E-state index contributed by atoms with van der Waals surface area (Å²) in [5.74, 6) is -0.00863. The van der Waals surface area contributed by atoms with Gasteiger partial charge in [-0.1, -0.05) is 42.5 Å². The van der Waals surface area contributed by atoms with Gasteiger partial charge in [0.05, 0.1) is 19.1 Å². The standard InChI is InChI=1S/C24H33N3O5S/c1-19(24(29)25-2)26(18-16-20-11-6-5-7-12-20)23(28)15-10-17-27(33(4,30)31)21-13-8-9-14-22(21)32-3/h5-9,11-14,19H,10,15-18H2,1-4H3,(H,25,29)/t19-/m0/s1. The SMILES string of the molecule is CNC(=O)[C@H](C)N(CCc1ccccc1)C(=O)CCCN(c1ccccc1OC)S(C)(=O)=O. The number of likely N-dealkylation sites (N-methyl/N-ethyl adjacent to an activating group) is 1. The second-order valence-corrected chi connectivity index (χ2v) is 9.63. The second-order valence-electron chi connectivity index (χ2n) is 7.72. The molecule has 2 rings (SSSR count). The third-order valence-electron chi connectivity index (χ3n) is 5.40. The maximum atomic E-state index is 13.1. The lowest BCUT2D eigenvalue weighted by molar-refractivity contribution is -0.139. The fraction of sp³-hybridized carbons (Fsp3) is 0.417. The summed E-state index contributed by atoms with van der Waals surface area (Å²) in [5, 5.41) is 2.59. The molecule has 9 heteroatoms. The number of anilines is 1. The van der Waals surface area contributed by atoms with Gasteiger partial charge in [-0.25, -0.2) is 8.42 Å². The molecule has 2 aromatic carbocycles. The summed E-state index contributed by atoms with van der Waals surface area (Å²) >= 11 is 0. The number of rotatable bonds is 12. The third-order valence-corrected chi connectivity index (χ3v) is 6.58. The van der Waals surface area contributed by atoms with Gasteiger partial charge in [-0.05, 0) is 37.5 Å². The number of hydrogen-bond donors (Lipinski definition) is 1. The molecule has 0 bridgehead atoms. The number of nitrogens with zero attached hydrogens (tertiary/aromatic N) is 2. The van der Waals surface area contributed by atoms with Crippen LogP contribution in [-0.2, 0) is 26.0 Å². The Morgan fingerprint density at radius 2 is 1.67 bits per heavy atom. The zero-order chi connectivity index (χ0) is 24.4. The van der Waals surface area contributed by atoms with Crippen LogP contribution in [0.25, 0.3) is 0 Å². The highest BCUT2D eigenvalue weighted by atomic mass is 32.2. The molecule has 0 radical (unpaired) electrons. The van der Waals surface area contributed by atoms with E-state index in [-0.39, 0.29) is 24.8 Å². The summed E-state index contributed by atoms with van der Waals surface area (Å²) in [6.45, 7) is 2.20. The van der Waals surface area contributed by atoms with Gasteiger partial charge in [-0.3, -0.25) is 13.9 Å². The number of amides is 2. The Balaban J connectivity index is 2.11. The molecule has 0 spiro atoms. The van der Waals surface area contributed by atoms with Crippen molar-refractivity contribution < 1.29 is 22.7 Å². The first-order chi connectivity index (χ1) is 15.7. The molecule has 0 fully saturated rings. The summed E-state index contributed by atoms with van der Waals surface area (Å²) < 4.78 is 31.4. The van der Waals surface area contributed by atoms with Crippen molar-refractivity contribution in [3.8, 4) is 5.75 Å². The number of nitrogens with one attached hydrogen (secondary N) is 1. The van der Waals surface area contributed by atoms with Crippen molar-refractivity contribution in [1.29, 1.82) is 0 Å². The van der Waals surface area contributed by atoms with E-state index in [0.717, 1.165) is 11.8 Å². The van der Waals surface area contributed by atoms with E-state index in [9.17, 15) is 18.0 Å².